The highest BCUT2D eigenvalue weighted by atomic mass is 32.2. The molecule has 2 heterocycles. The van der Waals surface area contributed by atoms with E-state index < -0.39 is 0 Å². The zero-order valence-corrected chi connectivity index (χ0v) is 14.0. The zero-order chi connectivity index (χ0) is 15.2. The van der Waals surface area contributed by atoms with Crippen LogP contribution >= 0.6 is 11.8 Å². The summed E-state index contributed by atoms with van der Waals surface area (Å²) in [6.45, 7) is 4.71. The minimum atomic E-state index is -0.227. The molecule has 21 heavy (non-hydrogen) atoms. The van der Waals surface area contributed by atoms with E-state index in [0.29, 0.717) is 18.2 Å². The van der Waals surface area contributed by atoms with Crippen LogP contribution < -0.4 is 5.32 Å². The molecule has 2 aliphatic rings. The summed E-state index contributed by atoms with van der Waals surface area (Å²) in [4.78, 5) is 28.6. The topological polar surface area (TPSA) is 52.7 Å². The van der Waals surface area contributed by atoms with Gasteiger partial charge >= 0.3 is 0 Å². The minimum Gasteiger partial charge on any atom is -0.341 e. The molecule has 0 bridgehead atoms. The van der Waals surface area contributed by atoms with Gasteiger partial charge in [0.2, 0.25) is 11.8 Å². The molecule has 0 aromatic carbocycles. The van der Waals surface area contributed by atoms with Gasteiger partial charge in [0.1, 0.15) is 6.04 Å². The Morgan fingerprint density at radius 1 is 1.29 bits per heavy atom. The first kappa shape index (κ1) is 16.6. The van der Waals surface area contributed by atoms with E-state index in [1.165, 1.54) is 0 Å². The van der Waals surface area contributed by atoms with E-state index in [1.807, 2.05) is 18.9 Å². The number of nitrogens with one attached hydrogen (secondary N) is 1. The maximum Gasteiger partial charge on any atom is 0.246 e. The highest BCUT2D eigenvalue weighted by Gasteiger charge is 2.37. The smallest absolute Gasteiger partial charge is 0.246 e. The Balaban J connectivity index is 1.89. The number of hydrogen-bond acceptors (Lipinski definition) is 4. The monoisotopic (exact) mass is 313 g/mol. The average molecular weight is 313 g/mol. The van der Waals surface area contributed by atoms with Gasteiger partial charge in [0, 0.05) is 25.3 Å². The Kier molecular flexibility index (Phi) is 6.36. The summed E-state index contributed by atoms with van der Waals surface area (Å²) in [5.41, 5.74) is 0. The van der Waals surface area contributed by atoms with E-state index in [0.717, 1.165) is 44.6 Å². The fraction of sp³-hybridized carbons (Fsp3) is 0.867. The van der Waals surface area contributed by atoms with Crippen molar-refractivity contribution in [3.63, 3.8) is 0 Å². The second-order valence-electron chi connectivity index (χ2n) is 5.96. The molecule has 1 atom stereocenters. The van der Waals surface area contributed by atoms with E-state index in [9.17, 15) is 9.59 Å². The third-order valence-corrected chi connectivity index (χ3v) is 5.38. The van der Waals surface area contributed by atoms with E-state index in [-0.39, 0.29) is 17.9 Å². The number of piperidine rings is 1. The van der Waals surface area contributed by atoms with E-state index in [4.69, 9.17) is 0 Å². The standard InChI is InChI=1S/C15H27N3O2S/c1-3-4-14(19)18-11-21-10-13(18)15(20)17-7-5-12(6-8-17)9-16-2/h12-13,16H,3-11H2,1-2H3. The van der Waals surface area contributed by atoms with Gasteiger partial charge in [-0.25, -0.2) is 0 Å². The third-order valence-electron chi connectivity index (χ3n) is 4.37. The Morgan fingerprint density at radius 2 is 2.00 bits per heavy atom. The lowest BCUT2D eigenvalue weighted by atomic mass is 9.96. The van der Waals surface area contributed by atoms with E-state index in [2.05, 4.69) is 5.32 Å². The van der Waals surface area contributed by atoms with Gasteiger partial charge in [-0.3, -0.25) is 9.59 Å². The lowest BCUT2D eigenvalue weighted by molar-refractivity contribution is -0.144. The first-order valence-corrected chi connectivity index (χ1v) is 9.13. The quantitative estimate of drug-likeness (QED) is 0.827. The molecule has 2 fully saturated rings. The van der Waals surface area contributed by atoms with Gasteiger partial charge in [-0.1, -0.05) is 6.92 Å². The Labute approximate surface area is 131 Å². The molecule has 0 aliphatic carbocycles. The number of carbonyl (C=O) groups is 2. The first-order valence-electron chi connectivity index (χ1n) is 7.98. The largest absolute Gasteiger partial charge is 0.341 e. The van der Waals surface area contributed by atoms with Crippen LogP contribution in [-0.4, -0.2) is 66.0 Å². The average Bonchev–Trinajstić information content (AvgIpc) is 2.97. The first-order chi connectivity index (χ1) is 10.2. The van der Waals surface area contributed by atoms with Crippen molar-refractivity contribution in [1.29, 1.82) is 0 Å². The van der Waals surface area contributed by atoms with Crippen LogP contribution in [0.2, 0.25) is 0 Å². The molecule has 2 rings (SSSR count). The lowest BCUT2D eigenvalue weighted by Gasteiger charge is -2.35. The number of nitrogens with zero attached hydrogens (tertiary/aromatic N) is 2. The molecule has 1 N–H and O–H groups in total. The molecule has 2 aliphatic heterocycles. The summed E-state index contributed by atoms with van der Waals surface area (Å²) in [6, 6.07) is -0.227. The molecular formula is C15H27N3O2S. The molecule has 0 aromatic heterocycles. The third kappa shape index (κ3) is 4.13. The van der Waals surface area contributed by atoms with Crippen molar-refractivity contribution in [3.05, 3.63) is 0 Å². The zero-order valence-electron chi connectivity index (χ0n) is 13.1. The van der Waals surface area contributed by atoms with Gasteiger partial charge in [0.25, 0.3) is 0 Å². The van der Waals surface area contributed by atoms with Crippen LogP contribution in [0.15, 0.2) is 0 Å². The van der Waals surface area contributed by atoms with Crippen LogP contribution in [0.1, 0.15) is 32.6 Å². The van der Waals surface area contributed by atoms with Gasteiger partial charge in [-0.05, 0) is 38.8 Å². The van der Waals surface area contributed by atoms with Crippen molar-refractivity contribution in [2.24, 2.45) is 5.92 Å². The van der Waals surface area contributed by atoms with Crippen LogP contribution in [0, 0.1) is 5.92 Å². The van der Waals surface area contributed by atoms with Gasteiger partial charge in [-0.15, -0.1) is 11.8 Å². The molecule has 2 saturated heterocycles. The van der Waals surface area contributed by atoms with E-state index in [1.54, 1.807) is 16.7 Å². The molecule has 0 aromatic rings. The van der Waals surface area contributed by atoms with Crippen molar-refractivity contribution in [2.45, 2.75) is 38.6 Å². The van der Waals surface area contributed by atoms with Crippen molar-refractivity contribution in [2.75, 3.05) is 38.3 Å². The van der Waals surface area contributed by atoms with Gasteiger partial charge in [-0.2, -0.15) is 0 Å². The fourth-order valence-corrected chi connectivity index (χ4v) is 4.28. The Bertz CT molecular complexity index is 370. The van der Waals surface area contributed by atoms with Gasteiger partial charge < -0.3 is 15.1 Å². The number of rotatable bonds is 5. The molecule has 1 unspecified atom stereocenters. The molecule has 0 spiro atoms. The maximum absolute atomic E-state index is 12.7. The number of thioether (sulfide) groups is 1. The number of hydrogen-bond donors (Lipinski definition) is 1. The van der Waals surface area contributed by atoms with Crippen molar-refractivity contribution in [1.82, 2.24) is 15.1 Å². The van der Waals surface area contributed by atoms with Crippen LogP contribution in [-0.2, 0) is 9.59 Å². The predicted molar refractivity (Wildman–Crippen MR) is 86.1 cm³/mol. The second-order valence-corrected chi connectivity index (χ2v) is 6.96. The summed E-state index contributed by atoms with van der Waals surface area (Å²) in [6.07, 6.45) is 3.52. The Morgan fingerprint density at radius 3 is 2.62 bits per heavy atom. The van der Waals surface area contributed by atoms with Crippen LogP contribution in [0.4, 0.5) is 0 Å². The van der Waals surface area contributed by atoms with Crippen LogP contribution in [0.3, 0.4) is 0 Å². The predicted octanol–water partition coefficient (Wildman–Crippen LogP) is 1.15. The highest BCUT2D eigenvalue weighted by molar-refractivity contribution is 7.99. The van der Waals surface area contributed by atoms with Crippen LogP contribution in [0.25, 0.3) is 0 Å². The van der Waals surface area contributed by atoms with Crippen molar-refractivity contribution >= 4 is 23.6 Å². The molecule has 120 valence electrons. The molecule has 5 nitrogen and oxygen atoms in total. The van der Waals surface area contributed by atoms with Crippen LogP contribution in [0.5, 0.6) is 0 Å². The second kappa shape index (κ2) is 8.03. The number of likely N-dealkylation sites (tertiary alicyclic amines) is 1. The molecule has 2 amide bonds. The molecule has 0 saturated carbocycles. The van der Waals surface area contributed by atoms with Gasteiger partial charge in [0.05, 0.1) is 5.88 Å². The fourth-order valence-electron chi connectivity index (χ4n) is 3.11. The van der Waals surface area contributed by atoms with Crippen molar-refractivity contribution in [3.8, 4) is 0 Å². The number of carbonyl (C=O) groups excluding carboxylic acids is 2. The van der Waals surface area contributed by atoms with Crippen molar-refractivity contribution < 1.29 is 9.59 Å². The number of amides is 2. The summed E-state index contributed by atoms with van der Waals surface area (Å²) in [5, 5.41) is 3.21. The lowest BCUT2D eigenvalue weighted by Crippen LogP contribution is -2.51. The highest BCUT2D eigenvalue weighted by Crippen LogP contribution is 2.25. The SMILES string of the molecule is CCCC(=O)N1CSCC1C(=O)N1CCC(CNC)CC1. The summed E-state index contributed by atoms with van der Waals surface area (Å²) in [7, 11) is 1.98. The van der Waals surface area contributed by atoms with Gasteiger partial charge in [0.15, 0.2) is 0 Å². The summed E-state index contributed by atoms with van der Waals surface area (Å²) in [5.74, 6) is 2.39. The summed E-state index contributed by atoms with van der Waals surface area (Å²) < 4.78 is 0. The molecule has 0 radical (unpaired) electrons. The maximum atomic E-state index is 12.7. The minimum absolute atomic E-state index is 0.130. The molecular weight excluding hydrogens is 286 g/mol. The normalized spacial score (nSPS) is 23.6. The molecule has 6 heteroatoms. The Hall–Kier alpha value is -0.750. The van der Waals surface area contributed by atoms with E-state index >= 15 is 0 Å². The summed E-state index contributed by atoms with van der Waals surface area (Å²) >= 11 is 1.69.